The number of benzene rings is 2. The quantitative estimate of drug-likeness (QED) is 0.252. The Labute approximate surface area is 184 Å². The van der Waals surface area contributed by atoms with Crippen molar-refractivity contribution in [3.8, 4) is 45.8 Å². The van der Waals surface area contributed by atoms with E-state index in [0.717, 1.165) is 19.2 Å². The highest BCUT2D eigenvalue weighted by atomic mass is 16.7. The molecule has 33 heavy (non-hydrogen) atoms. The van der Waals surface area contributed by atoms with E-state index >= 15 is 0 Å². The molecule has 0 amide bonds. The lowest BCUT2D eigenvalue weighted by atomic mass is 10.0. The van der Waals surface area contributed by atoms with Crippen LogP contribution in [0, 0.1) is 0 Å². The fourth-order valence-corrected chi connectivity index (χ4v) is 3.44. The van der Waals surface area contributed by atoms with E-state index in [1.165, 1.54) is 12.1 Å². The largest absolute Gasteiger partial charge is 0.504 e. The predicted molar refractivity (Wildman–Crippen MR) is 110 cm³/mol. The number of rotatable bonds is 5. The lowest BCUT2D eigenvalue weighted by Crippen LogP contribution is -2.48. The molecule has 3 aromatic rings. The van der Waals surface area contributed by atoms with Crippen LogP contribution in [0.25, 0.3) is 22.3 Å². The van der Waals surface area contributed by atoms with Crippen molar-refractivity contribution in [2.24, 2.45) is 0 Å². The van der Waals surface area contributed by atoms with Gasteiger partial charge in [0.25, 0.3) is 0 Å². The van der Waals surface area contributed by atoms with Crippen molar-refractivity contribution in [1.82, 2.24) is 0 Å². The van der Waals surface area contributed by atoms with Gasteiger partial charge in [0, 0.05) is 11.6 Å². The summed E-state index contributed by atoms with van der Waals surface area (Å²) in [5, 5.41) is 69.4. The highest BCUT2D eigenvalue weighted by Crippen LogP contribution is 2.50. The Morgan fingerprint density at radius 3 is 2.42 bits per heavy atom. The van der Waals surface area contributed by atoms with Gasteiger partial charge in [0.2, 0.25) is 23.5 Å². The number of fused-ring (bicyclic) bond motifs is 1. The second kappa shape index (κ2) is 8.01. The molecule has 4 rings (SSSR count). The second-order valence-electron chi connectivity index (χ2n) is 7.45. The number of aromatic hydroxyl groups is 4. The maximum atomic E-state index is 12.7. The van der Waals surface area contributed by atoms with Crippen LogP contribution in [-0.2, 0) is 4.74 Å². The van der Waals surface area contributed by atoms with Gasteiger partial charge in [-0.25, -0.2) is 0 Å². The van der Waals surface area contributed by atoms with Gasteiger partial charge < -0.3 is 54.4 Å². The van der Waals surface area contributed by atoms with E-state index in [0.29, 0.717) is 0 Å². The summed E-state index contributed by atoms with van der Waals surface area (Å²) in [7, 11) is 1.16. The minimum atomic E-state index is -2.02. The number of phenols is 4. The Morgan fingerprint density at radius 1 is 1.09 bits per heavy atom. The van der Waals surface area contributed by atoms with Crippen LogP contribution in [0.1, 0.15) is 0 Å². The number of hydrogen-bond acceptors (Lipinski definition) is 12. The maximum Gasteiger partial charge on any atom is 0.229 e. The van der Waals surface area contributed by atoms with Crippen molar-refractivity contribution in [2.75, 3.05) is 20.3 Å². The second-order valence-corrected chi connectivity index (χ2v) is 7.45. The SMILES string of the molecule is COc1c(O[C@@H]2OC[C@@](O)(CO)[C@H]2O)c(O)c(O)c2c(=O)cc(-c3ccc(O)c(O)c3)oc12. The Bertz CT molecular complexity index is 1280. The molecule has 0 spiro atoms. The van der Waals surface area contributed by atoms with Gasteiger partial charge in [-0.15, -0.1) is 0 Å². The summed E-state index contributed by atoms with van der Waals surface area (Å²) in [6.45, 7) is -1.32. The number of aliphatic hydroxyl groups excluding tert-OH is 2. The van der Waals surface area contributed by atoms with Crippen LogP contribution in [0.5, 0.6) is 34.5 Å². The van der Waals surface area contributed by atoms with Crippen LogP contribution in [0.4, 0.5) is 0 Å². The van der Waals surface area contributed by atoms with Crippen molar-refractivity contribution >= 4 is 11.0 Å². The molecule has 0 aliphatic carbocycles. The molecule has 1 aromatic heterocycles. The van der Waals surface area contributed by atoms with Crippen LogP contribution in [0.2, 0.25) is 0 Å². The minimum Gasteiger partial charge on any atom is -0.504 e. The number of phenolic OH excluding ortho intramolecular Hbond substituents is 4. The third-order valence-corrected chi connectivity index (χ3v) is 5.31. The number of methoxy groups -OCH3 is 1. The van der Waals surface area contributed by atoms with E-state index in [2.05, 4.69) is 0 Å². The Morgan fingerprint density at radius 2 is 1.82 bits per heavy atom. The first-order valence-corrected chi connectivity index (χ1v) is 9.53. The van der Waals surface area contributed by atoms with Crippen LogP contribution >= 0.6 is 0 Å². The molecule has 12 heteroatoms. The van der Waals surface area contributed by atoms with Crippen molar-refractivity contribution in [3.63, 3.8) is 0 Å². The first-order chi connectivity index (χ1) is 15.6. The molecule has 1 saturated heterocycles. The predicted octanol–water partition coefficient (Wildman–Crippen LogP) is 0.110. The molecule has 0 bridgehead atoms. The van der Waals surface area contributed by atoms with Gasteiger partial charge in [-0.1, -0.05) is 0 Å². The molecule has 0 unspecified atom stereocenters. The van der Waals surface area contributed by atoms with Gasteiger partial charge in [-0.2, -0.15) is 0 Å². The minimum absolute atomic E-state index is 0.0797. The molecular weight excluding hydrogens is 444 g/mol. The molecule has 176 valence electrons. The van der Waals surface area contributed by atoms with Gasteiger partial charge >= 0.3 is 0 Å². The van der Waals surface area contributed by atoms with Gasteiger partial charge in [-0.3, -0.25) is 4.79 Å². The van der Waals surface area contributed by atoms with Gasteiger partial charge in [0.1, 0.15) is 22.9 Å². The molecule has 1 aliphatic rings. The highest BCUT2D eigenvalue weighted by molar-refractivity contribution is 5.95. The standard InChI is InChI=1S/C21H20O12/c1-30-18-16-13(11(25)5-12(32-16)8-2-3-9(23)10(24)4-8)14(26)15(27)17(18)33-20-19(28)21(29,6-22)7-31-20/h2-5,19-20,22-24,26-29H,6-7H2,1H3/t19-,20-,21-/m0/s1. The zero-order chi connectivity index (χ0) is 24.1. The molecule has 2 aromatic carbocycles. The van der Waals surface area contributed by atoms with Crippen LogP contribution in [0.3, 0.4) is 0 Å². The molecule has 0 saturated carbocycles. The summed E-state index contributed by atoms with van der Waals surface area (Å²) < 4.78 is 21.5. The molecule has 1 fully saturated rings. The first-order valence-electron chi connectivity index (χ1n) is 9.53. The molecular formula is C21H20O12. The van der Waals surface area contributed by atoms with Crippen molar-refractivity contribution < 1.29 is 54.4 Å². The fraction of sp³-hybridized carbons (Fsp3) is 0.286. The van der Waals surface area contributed by atoms with Crippen LogP contribution in [-0.4, -0.2) is 74.1 Å². The first kappa shape index (κ1) is 22.5. The Hall–Kier alpha value is -3.71. The van der Waals surface area contributed by atoms with Crippen LogP contribution in [0.15, 0.2) is 33.5 Å². The topological polar surface area (TPSA) is 200 Å². The average Bonchev–Trinajstić information content (AvgIpc) is 3.08. The molecule has 12 nitrogen and oxygen atoms in total. The van der Waals surface area contributed by atoms with Crippen molar-refractivity contribution in [3.05, 3.63) is 34.5 Å². The summed E-state index contributed by atoms with van der Waals surface area (Å²) in [6.07, 6.45) is -3.31. The highest BCUT2D eigenvalue weighted by Gasteiger charge is 2.49. The maximum absolute atomic E-state index is 12.7. The smallest absolute Gasteiger partial charge is 0.229 e. The van der Waals surface area contributed by atoms with E-state index < -0.39 is 70.8 Å². The van der Waals surface area contributed by atoms with E-state index in [1.807, 2.05) is 0 Å². The van der Waals surface area contributed by atoms with E-state index in [-0.39, 0.29) is 22.7 Å². The third kappa shape index (κ3) is 3.54. The third-order valence-electron chi connectivity index (χ3n) is 5.31. The van der Waals surface area contributed by atoms with Gasteiger partial charge in [-0.05, 0) is 18.2 Å². The zero-order valence-electron chi connectivity index (χ0n) is 17.1. The lowest BCUT2D eigenvalue weighted by molar-refractivity contribution is -0.116. The van der Waals surface area contributed by atoms with Gasteiger partial charge in [0.15, 0.2) is 28.3 Å². The monoisotopic (exact) mass is 464 g/mol. The zero-order valence-corrected chi connectivity index (χ0v) is 17.1. The number of ether oxygens (including phenoxy) is 3. The van der Waals surface area contributed by atoms with E-state index in [1.54, 1.807) is 0 Å². The van der Waals surface area contributed by atoms with E-state index in [9.17, 15) is 40.5 Å². The Kier molecular flexibility index (Phi) is 5.46. The molecule has 3 atom stereocenters. The number of hydrogen-bond donors (Lipinski definition) is 7. The van der Waals surface area contributed by atoms with Crippen molar-refractivity contribution in [2.45, 2.75) is 18.0 Å². The average molecular weight is 464 g/mol. The summed E-state index contributed by atoms with van der Waals surface area (Å²) in [5.74, 6) is -3.68. The molecule has 2 heterocycles. The summed E-state index contributed by atoms with van der Waals surface area (Å²) in [5.41, 5.74) is -2.94. The summed E-state index contributed by atoms with van der Waals surface area (Å²) in [4.78, 5) is 12.7. The lowest BCUT2D eigenvalue weighted by Gasteiger charge is -2.24. The normalized spacial score (nSPS) is 22.5. The summed E-state index contributed by atoms with van der Waals surface area (Å²) in [6, 6.07) is 4.68. The number of aliphatic hydroxyl groups is 3. The fourth-order valence-electron chi connectivity index (χ4n) is 3.44. The molecule has 1 aliphatic heterocycles. The van der Waals surface area contributed by atoms with E-state index in [4.69, 9.17) is 18.6 Å². The summed E-state index contributed by atoms with van der Waals surface area (Å²) >= 11 is 0. The van der Waals surface area contributed by atoms with Crippen LogP contribution < -0.4 is 14.9 Å². The molecule has 0 radical (unpaired) electrons. The van der Waals surface area contributed by atoms with Gasteiger partial charge in [0.05, 0.1) is 20.3 Å². The van der Waals surface area contributed by atoms with Crippen molar-refractivity contribution in [1.29, 1.82) is 0 Å². The molecule has 7 N–H and O–H groups in total. The Balaban J connectivity index is 1.89.